The van der Waals surface area contributed by atoms with Gasteiger partial charge in [-0.25, -0.2) is 0 Å². The molecule has 0 saturated heterocycles. The van der Waals surface area contributed by atoms with Crippen LogP contribution in [0.5, 0.6) is 0 Å². The zero-order valence-corrected chi connectivity index (χ0v) is 9.80. The summed E-state index contributed by atoms with van der Waals surface area (Å²) in [5.41, 5.74) is 0. The number of methoxy groups -OCH3 is 1. The van der Waals surface area contributed by atoms with Gasteiger partial charge in [0, 0.05) is 25.7 Å². The molecule has 0 aromatic carbocycles. The second kappa shape index (κ2) is 7.94. The first kappa shape index (κ1) is 13.6. The Kier molecular flexibility index (Phi) is 7.71. The highest BCUT2D eigenvalue weighted by Crippen LogP contribution is 2.02. The molecule has 0 rings (SSSR count). The van der Waals surface area contributed by atoms with Crippen molar-refractivity contribution in [3.8, 4) is 0 Å². The summed E-state index contributed by atoms with van der Waals surface area (Å²) in [5, 5.41) is 3.37. The van der Waals surface area contributed by atoms with Gasteiger partial charge in [-0.3, -0.25) is 4.79 Å². The highest BCUT2D eigenvalue weighted by Gasteiger charge is 2.07. The Morgan fingerprint density at radius 1 is 1.36 bits per heavy atom. The number of rotatable bonds is 8. The first-order chi connectivity index (χ1) is 6.57. The molecule has 0 heterocycles. The van der Waals surface area contributed by atoms with Gasteiger partial charge in [0.1, 0.15) is 5.78 Å². The largest absolute Gasteiger partial charge is 0.385 e. The molecule has 0 aliphatic heterocycles. The zero-order valence-electron chi connectivity index (χ0n) is 9.80. The molecule has 0 bridgehead atoms. The van der Waals surface area contributed by atoms with Gasteiger partial charge in [-0.15, -0.1) is 0 Å². The van der Waals surface area contributed by atoms with Gasteiger partial charge in [-0.2, -0.15) is 0 Å². The lowest BCUT2D eigenvalue weighted by Crippen LogP contribution is -2.29. The van der Waals surface area contributed by atoms with Crippen molar-refractivity contribution in [3.05, 3.63) is 0 Å². The maximum atomic E-state index is 10.9. The molecule has 0 aromatic heterocycles. The molecule has 2 atom stereocenters. The van der Waals surface area contributed by atoms with Gasteiger partial charge >= 0.3 is 0 Å². The highest BCUT2D eigenvalue weighted by atomic mass is 16.5. The number of Topliss-reactive ketones (excluding diaryl/α,β-unsaturated/α-hetero) is 1. The summed E-state index contributed by atoms with van der Waals surface area (Å²) in [4.78, 5) is 10.9. The fourth-order valence-electron chi connectivity index (χ4n) is 1.15. The molecular formula is C11H23NO2. The smallest absolute Gasteiger partial charge is 0.132 e. The van der Waals surface area contributed by atoms with E-state index in [-0.39, 0.29) is 11.7 Å². The molecule has 0 fully saturated rings. The third-order valence-electron chi connectivity index (χ3n) is 2.52. The van der Waals surface area contributed by atoms with Crippen molar-refractivity contribution in [1.29, 1.82) is 0 Å². The molecule has 0 aliphatic rings. The molecule has 0 radical (unpaired) electrons. The molecular weight excluding hydrogens is 178 g/mol. The third kappa shape index (κ3) is 7.04. The Hall–Kier alpha value is -0.410. The number of carbonyl (C=O) groups excluding carboxylic acids is 1. The lowest BCUT2D eigenvalue weighted by Gasteiger charge is -2.14. The molecule has 84 valence electrons. The first-order valence-electron chi connectivity index (χ1n) is 5.30. The van der Waals surface area contributed by atoms with Crippen molar-refractivity contribution in [2.45, 2.75) is 39.7 Å². The van der Waals surface area contributed by atoms with E-state index in [1.807, 2.05) is 6.92 Å². The topological polar surface area (TPSA) is 38.3 Å². The number of ether oxygens (including phenoxy) is 1. The van der Waals surface area contributed by atoms with E-state index in [2.05, 4.69) is 12.2 Å². The molecule has 0 amide bonds. The normalized spacial score (nSPS) is 15.1. The monoisotopic (exact) mass is 201 g/mol. The minimum atomic E-state index is 0.178. The van der Waals surface area contributed by atoms with Crippen LogP contribution in [-0.2, 0) is 9.53 Å². The fraction of sp³-hybridized carbons (Fsp3) is 0.909. The van der Waals surface area contributed by atoms with Crippen LogP contribution in [0.2, 0.25) is 0 Å². The minimum absolute atomic E-state index is 0.178. The molecule has 0 saturated carbocycles. The van der Waals surface area contributed by atoms with Crippen molar-refractivity contribution in [3.63, 3.8) is 0 Å². The second-order valence-electron chi connectivity index (χ2n) is 3.94. The van der Waals surface area contributed by atoms with Crippen molar-refractivity contribution in [1.82, 2.24) is 5.32 Å². The molecule has 0 aliphatic carbocycles. The van der Waals surface area contributed by atoms with Crippen LogP contribution in [0.4, 0.5) is 0 Å². The Labute approximate surface area is 87.2 Å². The lowest BCUT2D eigenvalue weighted by atomic mass is 10.0. The van der Waals surface area contributed by atoms with Crippen LogP contribution in [-0.4, -0.2) is 32.1 Å². The van der Waals surface area contributed by atoms with Gasteiger partial charge in [-0.05, 0) is 33.2 Å². The summed E-state index contributed by atoms with van der Waals surface area (Å²) in [6, 6.07) is 0.467. The fourth-order valence-corrected chi connectivity index (χ4v) is 1.15. The number of nitrogens with one attached hydrogen (secondary N) is 1. The van der Waals surface area contributed by atoms with Crippen molar-refractivity contribution >= 4 is 5.78 Å². The van der Waals surface area contributed by atoms with Crippen LogP contribution in [0.1, 0.15) is 33.6 Å². The quantitative estimate of drug-likeness (QED) is 0.648. The van der Waals surface area contributed by atoms with Crippen LogP contribution in [0, 0.1) is 5.92 Å². The Bertz CT molecular complexity index is 159. The summed E-state index contributed by atoms with van der Waals surface area (Å²) in [5.74, 6) is 0.452. The van der Waals surface area contributed by atoms with Gasteiger partial charge in [0.15, 0.2) is 0 Å². The van der Waals surface area contributed by atoms with E-state index < -0.39 is 0 Å². The van der Waals surface area contributed by atoms with Crippen LogP contribution in [0.25, 0.3) is 0 Å². The van der Waals surface area contributed by atoms with Crippen molar-refractivity contribution < 1.29 is 9.53 Å². The molecule has 0 aromatic rings. The molecule has 14 heavy (non-hydrogen) atoms. The lowest BCUT2D eigenvalue weighted by molar-refractivity contribution is -0.120. The Morgan fingerprint density at radius 2 is 2.00 bits per heavy atom. The van der Waals surface area contributed by atoms with Gasteiger partial charge in [0.2, 0.25) is 0 Å². The Balaban J connectivity index is 3.39. The number of ketones is 1. The van der Waals surface area contributed by atoms with Gasteiger partial charge in [-0.1, -0.05) is 6.92 Å². The van der Waals surface area contributed by atoms with E-state index in [0.29, 0.717) is 6.04 Å². The predicted molar refractivity (Wildman–Crippen MR) is 58.4 cm³/mol. The van der Waals surface area contributed by atoms with Crippen LogP contribution in [0.15, 0.2) is 0 Å². The molecule has 0 spiro atoms. The van der Waals surface area contributed by atoms with Crippen molar-refractivity contribution in [2.75, 3.05) is 20.3 Å². The SMILES string of the molecule is COCCC(C)NCCC(C)C(C)=O. The van der Waals surface area contributed by atoms with Gasteiger partial charge in [0.25, 0.3) is 0 Å². The van der Waals surface area contributed by atoms with E-state index in [1.54, 1.807) is 14.0 Å². The van der Waals surface area contributed by atoms with E-state index in [1.165, 1.54) is 0 Å². The average Bonchev–Trinajstić information content (AvgIpc) is 2.14. The van der Waals surface area contributed by atoms with Crippen LogP contribution >= 0.6 is 0 Å². The summed E-state index contributed by atoms with van der Waals surface area (Å²) in [7, 11) is 1.71. The average molecular weight is 201 g/mol. The predicted octanol–water partition coefficient (Wildman–Crippen LogP) is 1.62. The number of hydrogen-bond acceptors (Lipinski definition) is 3. The highest BCUT2D eigenvalue weighted by molar-refractivity contribution is 5.77. The summed E-state index contributed by atoms with van der Waals surface area (Å²) < 4.78 is 4.98. The third-order valence-corrected chi connectivity index (χ3v) is 2.52. The summed E-state index contributed by atoms with van der Waals surface area (Å²) in [6.07, 6.45) is 1.94. The Morgan fingerprint density at radius 3 is 2.50 bits per heavy atom. The summed E-state index contributed by atoms with van der Waals surface area (Å²) in [6.45, 7) is 7.46. The molecule has 2 unspecified atom stereocenters. The van der Waals surface area contributed by atoms with Crippen molar-refractivity contribution in [2.24, 2.45) is 5.92 Å². The second-order valence-corrected chi connectivity index (χ2v) is 3.94. The number of carbonyl (C=O) groups is 1. The maximum absolute atomic E-state index is 10.9. The van der Waals surface area contributed by atoms with E-state index in [4.69, 9.17) is 4.74 Å². The molecule has 1 N–H and O–H groups in total. The van der Waals surface area contributed by atoms with Gasteiger partial charge < -0.3 is 10.1 Å². The minimum Gasteiger partial charge on any atom is -0.385 e. The zero-order chi connectivity index (χ0) is 11.0. The van der Waals surface area contributed by atoms with E-state index in [0.717, 1.165) is 26.0 Å². The summed E-state index contributed by atoms with van der Waals surface area (Å²) >= 11 is 0. The standard InChI is InChI=1S/C11H23NO2/c1-9(11(3)13)5-7-12-10(2)6-8-14-4/h9-10,12H,5-8H2,1-4H3. The van der Waals surface area contributed by atoms with Crippen LogP contribution in [0.3, 0.4) is 0 Å². The van der Waals surface area contributed by atoms with Crippen LogP contribution < -0.4 is 5.32 Å². The first-order valence-corrected chi connectivity index (χ1v) is 5.30. The van der Waals surface area contributed by atoms with E-state index in [9.17, 15) is 4.79 Å². The maximum Gasteiger partial charge on any atom is 0.132 e. The molecule has 3 heteroatoms. The number of hydrogen-bond donors (Lipinski definition) is 1. The molecule has 3 nitrogen and oxygen atoms in total. The van der Waals surface area contributed by atoms with Gasteiger partial charge in [0.05, 0.1) is 0 Å². The van der Waals surface area contributed by atoms with E-state index >= 15 is 0 Å².